The van der Waals surface area contributed by atoms with Gasteiger partial charge < -0.3 is 5.11 Å². The number of anilines is 1. The summed E-state index contributed by atoms with van der Waals surface area (Å²) in [6.07, 6.45) is 0. The first-order chi connectivity index (χ1) is 8.62. The van der Waals surface area contributed by atoms with Crippen molar-refractivity contribution >= 4 is 17.6 Å². The summed E-state index contributed by atoms with van der Waals surface area (Å²) in [5.41, 5.74) is -1.13. The maximum absolute atomic E-state index is 13.7. The summed E-state index contributed by atoms with van der Waals surface area (Å²) < 4.78 is 26.5. The van der Waals surface area contributed by atoms with Crippen LogP contribution in [0.3, 0.4) is 0 Å². The van der Waals surface area contributed by atoms with E-state index in [9.17, 15) is 18.4 Å². The molecule has 0 aromatic heterocycles. The highest BCUT2D eigenvalue weighted by Crippen LogP contribution is 2.26. The Bertz CT molecular complexity index is 509. The van der Waals surface area contributed by atoms with Gasteiger partial charge in [0.2, 0.25) is 5.91 Å². The van der Waals surface area contributed by atoms with E-state index in [1.165, 1.54) is 0 Å². The first-order valence-electron chi connectivity index (χ1n) is 5.61. The van der Waals surface area contributed by atoms with Crippen LogP contribution in [0.5, 0.6) is 0 Å². The van der Waals surface area contributed by atoms with Crippen molar-refractivity contribution in [3.05, 3.63) is 29.8 Å². The van der Waals surface area contributed by atoms with Gasteiger partial charge in [0.05, 0.1) is 5.69 Å². The molecule has 0 spiro atoms. The van der Waals surface area contributed by atoms with Gasteiger partial charge in [-0.2, -0.15) is 0 Å². The monoisotopic (exact) mass is 271 g/mol. The number of carboxylic acid groups (broad SMARTS) is 1. The van der Waals surface area contributed by atoms with Gasteiger partial charge in [-0.25, -0.2) is 8.78 Å². The van der Waals surface area contributed by atoms with Gasteiger partial charge in [-0.05, 0) is 12.1 Å². The molecule has 1 aromatic carbocycles. The predicted molar refractivity (Wildman–Crippen MR) is 65.8 cm³/mol. The van der Waals surface area contributed by atoms with Gasteiger partial charge >= 0.3 is 5.97 Å². The number of amides is 1. The molecule has 104 valence electrons. The Hall–Kier alpha value is -1.98. The van der Waals surface area contributed by atoms with Crippen molar-refractivity contribution < 1.29 is 23.5 Å². The average molecular weight is 271 g/mol. The summed E-state index contributed by atoms with van der Waals surface area (Å²) in [5.74, 6) is -3.60. The van der Waals surface area contributed by atoms with Crippen molar-refractivity contribution in [1.29, 1.82) is 0 Å². The number of rotatable bonds is 3. The van der Waals surface area contributed by atoms with Gasteiger partial charge in [-0.15, -0.1) is 0 Å². The fourth-order valence-corrected chi connectivity index (χ4v) is 1.51. The van der Waals surface area contributed by atoms with Crippen molar-refractivity contribution in [2.45, 2.75) is 20.8 Å². The van der Waals surface area contributed by atoms with Crippen LogP contribution in [0, 0.1) is 17.0 Å². The number of aliphatic carboxylic acids is 1. The lowest BCUT2D eigenvalue weighted by molar-refractivity contribution is -0.137. The number of carbonyl (C=O) groups excluding carboxylic acids is 1. The Labute approximate surface area is 109 Å². The van der Waals surface area contributed by atoms with Gasteiger partial charge in [-0.1, -0.05) is 20.8 Å². The minimum Gasteiger partial charge on any atom is -0.480 e. The highest BCUT2D eigenvalue weighted by Gasteiger charge is 2.31. The summed E-state index contributed by atoms with van der Waals surface area (Å²) >= 11 is 0. The second kappa shape index (κ2) is 5.34. The zero-order chi connectivity index (χ0) is 14.8. The molecule has 0 bridgehead atoms. The summed E-state index contributed by atoms with van der Waals surface area (Å²) in [4.78, 5) is 23.7. The van der Waals surface area contributed by atoms with Crippen molar-refractivity contribution in [3.63, 3.8) is 0 Å². The first-order valence-corrected chi connectivity index (χ1v) is 5.61. The molecule has 1 N–H and O–H groups in total. The maximum atomic E-state index is 13.7. The number of hydrogen-bond acceptors (Lipinski definition) is 2. The third kappa shape index (κ3) is 3.74. The van der Waals surface area contributed by atoms with Gasteiger partial charge in [0.1, 0.15) is 18.2 Å². The van der Waals surface area contributed by atoms with E-state index in [0.717, 1.165) is 17.0 Å². The Morgan fingerprint density at radius 1 is 1.26 bits per heavy atom. The van der Waals surface area contributed by atoms with Crippen LogP contribution in [-0.4, -0.2) is 23.5 Å². The number of carboxylic acids is 1. The molecule has 0 aliphatic carbocycles. The molecule has 1 rings (SSSR count). The molecule has 1 amide bonds. The summed E-state index contributed by atoms with van der Waals surface area (Å²) in [6, 6.07) is 2.64. The molecule has 1 aromatic rings. The second-order valence-corrected chi connectivity index (χ2v) is 5.13. The SMILES string of the molecule is CC(C)(C)C(=O)N(CC(=O)O)c1ccc(F)cc1F. The Kier molecular flexibility index (Phi) is 4.24. The molecule has 0 unspecified atom stereocenters. The van der Waals surface area contributed by atoms with Crippen LogP contribution < -0.4 is 4.90 Å². The highest BCUT2D eigenvalue weighted by atomic mass is 19.1. The molecule has 0 saturated carbocycles. The van der Waals surface area contributed by atoms with E-state index in [1.54, 1.807) is 20.8 Å². The predicted octanol–water partition coefficient (Wildman–Crippen LogP) is 2.43. The third-order valence-electron chi connectivity index (χ3n) is 2.38. The summed E-state index contributed by atoms with van der Waals surface area (Å²) in [5, 5.41) is 8.81. The number of nitrogens with zero attached hydrogens (tertiary/aromatic N) is 1. The van der Waals surface area contributed by atoms with Gasteiger partial charge in [-0.3, -0.25) is 14.5 Å². The van der Waals surface area contributed by atoms with Crippen molar-refractivity contribution in [2.24, 2.45) is 5.41 Å². The maximum Gasteiger partial charge on any atom is 0.323 e. The van der Waals surface area contributed by atoms with E-state index >= 15 is 0 Å². The minimum absolute atomic E-state index is 0.247. The van der Waals surface area contributed by atoms with Crippen LogP contribution in [-0.2, 0) is 9.59 Å². The fourth-order valence-electron chi connectivity index (χ4n) is 1.51. The number of carbonyl (C=O) groups is 2. The van der Waals surface area contributed by atoms with E-state index in [0.29, 0.717) is 6.07 Å². The second-order valence-electron chi connectivity index (χ2n) is 5.13. The summed E-state index contributed by atoms with van der Waals surface area (Å²) in [7, 11) is 0. The van der Waals surface area contributed by atoms with Crippen molar-refractivity contribution in [1.82, 2.24) is 0 Å². The van der Waals surface area contributed by atoms with Crippen LogP contribution in [0.2, 0.25) is 0 Å². The lowest BCUT2D eigenvalue weighted by atomic mass is 9.94. The Morgan fingerprint density at radius 2 is 1.84 bits per heavy atom. The van der Waals surface area contributed by atoms with Crippen LogP contribution in [0.25, 0.3) is 0 Å². The van der Waals surface area contributed by atoms with E-state index in [-0.39, 0.29) is 5.69 Å². The van der Waals surface area contributed by atoms with E-state index in [1.807, 2.05) is 0 Å². The topological polar surface area (TPSA) is 57.6 Å². The molecule has 0 atom stereocenters. The molecule has 0 heterocycles. The molecule has 19 heavy (non-hydrogen) atoms. The average Bonchev–Trinajstić information content (AvgIpc) is 2.24. The van der Waals surface area contributed by atoms with Crippen molar-refractivity contribution in [2.75, 3.05) is 11.4 Å². The quantitative estimate of drug-likeness (QED) is 0.918. The van der Waals surface area contributed by atoms with Crippen LogP contribution in [0.4, 0.5) is 14.5 Å². The smallest absolute Gasteiger partial charge is 0.323 e. The normalized spacial score (nSPS) is 11.2. The molecular weight excluding hydrogens is 256 g/mol. The van der Waals surface area contributed by atoms with Crippen LogP contribution in [0.1, 0.15) is 20.8 Å². The van der Waals surface area contributed by atoms with Gasteiger partial charge in [0.15, 0.2) is 0 Å². The first kappa shape index (κ1) is 15.1. The Morgan fingerprint density at radius 3 is 2.26 bits per heavy atom. The zero-order valence-electron chi connectivity index (χ0n) is 10.9. The number of halogens is 2. The molecule has 0 fully saturated rings. The van der Waals surface area contributed by atoms with Crippen molar-refractivity contribution in [3.8, 4) is 0 Å². The van der Waals surface area contributed by atoms with E-state index < -0.39 is 35.5 Å². The van der Waals surface area contributed by atoms with Crippen LogP contribution >= 0.6 is 0 Å². The van der Waals surface area contributed by atoms with Crippen LogP contribution in [0.15, 0.2) is 18.2 Å². The third-order valence-corrected chi connectivity index (χ3v) is 2.38. The number of hydrogen-bond donors (Lipinski definition) is 1. The fraction of sp³-hybridized carbons (Fsp3) is 0.385. The largest absolute Gasteiger partial charge is 0.480 e. The zero-order valence-corrected chi connectivity index (χ0v) is 10.9. The molecule has 4 nitrogen and oxygen atoms in total. The molecular formula is C13H15F2NO3. The Balaban J connectivity index is 3.24. The lowest BCUT2D eigenvalue weighted by Crippen LogP contribution is -2.43. The molecule has 0 radical (unpaired) electrons. The summed E-state index contributed by atoms with van der Waals surface area (Å²) in [6.45, 7) is 4.08. The highest BCUT2D eigenvalue weighted by molar-refractivity contribution is 6.00. The number of benzene rings is 1. The molecule has 6 heteroatoms. The molecule has 0 aliphatic heterocycles. The van der Waals surface area contributed by atoms with E-state index in [4.69, 9.17) is 5.11 Å². The molecule has 0 aliphatic rings. The van der Waals surface area contributed by atoms with Gasteiger partial charge in [0.25, 0.3) is 0 Å². The van der Waals surface area contributed by atoms with Gasteiger partial charge in [0, 0.05) is 11.5 Å². The lowest BCUT2D eigenvalue weighted by Gasteiger charge is -2.28. The minimum atomic E-state index is -1.28. The molecule has 0 saturated heterocycles. The van der Waals surface area contributed by atoms with E-state index in [2.05, 4.69) is 0 Å². The standard InChI is InChI=1S/C13H15F2NO3/c1-13(2,3)12(19)16(7-11(17)18)10-5-4-8(14)6-9(10)15/h4-6H,7H2,1-3H3,(H,17,18).